The quantitative estimate of drug-likeness (QED) is 0.139. The van der Waals surface area contributed by atoms with E-state index in [9.17, 15) is 19.2 Å². The maximum atomic E-state index is 12.6. The van der Waals surface area contributed by atoms with E-state index in [0.29, 0.717) is 29.8 Å². The van der Waals surface area contributed by atoms with Gasteiger partial charge in [0, 0.05) is 41.5 Å². The summed E-state index contributed by atoms with van der Waals surface area (Å²) in [6.45, 7) is 8.51. The molecule has 6 aromatic rings. The maximum Gasteiger partial charge on any atom is 0.251 e. The molecule has 2 aromatic carbocycles. The molecule has 4 aromatic heterocycles. The zero-order valence-electron chi connectivity index (χ0n) is 27.9. The first-order valence-corrected chi connectivity index (χ1v) is 15.9. The molecule has 4 heterocycles. The van der Waals surface area contributed by atoms with E-state index in [1.807, 2.05) is 74.5 Å². The summed E-state index contributed by atoms with van der Waals surface area (Å²) in [6.07, 6.45) is 13.3. The van der Waals surface area contributed by atoms with Crippen LogP contribution in [0.3, 0.4) is 0 Å². The highest BCUT2D eigenvalue weighted by Crippen LogP contribution is 2.13. The number of Topliss-reactive ketones (excluding diaryl/α,β-unsaturated/α-hetero) is 2. The lowest BCUT2D eigenvalue weighted by molar-refractivity contribution is 0.0962. The number of hydrogen-bond acceptors (Lipinski definition) is 6. The molecule has 0 spiro atoms. The minimum atomic E-state index is -0.262. The number of ketones is 2. The van der Waals surface area contributed by atoms with Gasteiger partial charge in [0.1, 0.15) is 0 Å². The number of rotatable bonds is 11. The normalized spacial score (nSPS) is 10.5. The van der Waals surface area contributed by atoms with Crippen LogP contribution in [0.5, 0.6) is 0 Å². The molecule has 0 aliphatic heterocycles. The highest BCUT2D eigenvalue weighted by atomic mass is 16.1. The van der Waals surface area contributed by atoms with Crippen LogP contribution in [0.25, 0.3) is 6.08 Å². The lowest BCUT2D eigenvalue weighted by atomic mass is 10.1. The van der Waals surface area contributed by atoms with Crippen molar-refractivity contribution in [3.05, 3.63) is 182 Å². The zero-order valence-corrected chi connectivity index (χ0v) is 27.9. The number of benzene rings is 2. The molecule has 0 fully saturated rings. The molecule has 0 aliphatic carbocycles. The van der Waals surface area contributed by atoms with Crippen molar-refractivity contribution in [3.8, 4) is 12.3 Å². The first kappa shape index (κ1) is 34.7. The number of pyridine rings is 2. The average molecular weight is 665 g/mol. The second-order valence-electron chi connectivity index (χ2n) is 11.6. The van der Waals surface area contributed by atoms with Crippen LogP contribution in [0.4, 0.5) is 0 Å². The van der Waals surface area contributed by atoms with Crippen molar-refractivity contribution in [2.24, 2.45) is 0 Å². The van der Waals surface area contributed by atoms with Gasteiger partial charge in [-0.1, -0.05) is 79.2 Å². The van der Waals surface area contributed by atoms with Crippen LogP contribution < -0.4 is 11.1 Å². The van der Waals surface area contributed by atoms with E-state index in [2.05, 4.69) is 22.7 Å². The molecule has 0 saturated heterocycles. The van der Waals surface area contributed by atoms with Gasteiger partial charge in [-0.3, -0.25) is 28.5 Å². The zero-order chi connectivity index (χ0) is 35.6. The van der Waals surface area contributed by atoms with Crippen molar-refractivity contribution < 1.29 is 9.59 Å². The highest BCUT2D eigenvalue weighted by molar-refractivity contribution is 5.97. The molecule has 0 N–H and O–H groups in total. The van der Waals surface area contributed by atoms with Gasteiger partial charge in [0.2, 0.25) is 0 Å². The van der Waals surface area contributed by atoms with Gasteiger partial charge in [-0.25, -0.2) is 0 Å². The summed E-state index contributed by atoms with van der Waals surface area (Å²) >= 11 is 0. The highest BCUT2D eigenvalue weighted by Gasteiger charge is 2.17. The first-order chi connectivity index (χ1) is 24.2. The van der Waals surface area contributed by atoms with Gasteiger partial charge in [-0.15, -0.1) is 6.42 Å². The van der Waals surface area contributed by atoms with E-state index >= 15 is 0 Å². The number of aromatic nitrogens is 6. The molecule has 0 amide bonds. The predicted octanol–water partition coefficient (Wildman–Crippen LogP) is 5.19. The van der Waals surface area contributed by atoms with Gasteiger partial charge >= 0.3 is 0 Å². The molecule has 0 radical (unpaired) electrons. The summed E-state index contributed by atoms with van der Waals surface area (Å²) in [5.41, 5.74) is 5.70. The van der Waals surface area contributed by atoms with Crippen LogP contribution in [0.2, 0.25) is 0 Å². The molecular formula is C40H36N6O4. The van der Waals surface area contributed by atoms with Crippen LogP contribution in [-0.4, -0.2) is 40.3 Å². The van der Waals surface area contributed by atoms with Crippen LogP contribution in [-0.2, 0) is 26.2 Å². The molecular weight excluding hydrogens is 628 g/mol. The minimum Gasteiger partial charge on any atom is -0.307 e. The molecule has 0 aliphatic rings. The second kappa shape index (κ2) is 16.0. The Hall–Kier alpha value is -6.60. The fourth-order valence-corrected chi connectivity index (χ4v) is 5.29. The van der Waals surface area contributed by atoms with Gasteiger partial charge in [0.15, 0.2) is 11.6 Å². The largest absolute Gasteiger partial charge is 0.307 e. The molecule has 10 heteroatoms. The second-order valence-corrected chi connectivity index (χ2v) is 11.6. The van der Waals surface area contributed by atoms with Crippen molar-refractivity contribution in [2.45, 2.75) is 40.0 Å². The van der Waals surface area contributed by atoms with Gasteiger partial charge < -0.3 is 9.13 Å². The molecule has 50 heavy (non-hydrogen) atoms. The third kappa shape index (κ3) is 8.45. The Bertz CT molecular complexity index is 2300. The topological polar surface area (TPSA) is 114 Å². The van der Waals surface area contributed by atoms with E-state index in [1.54, 1.807) is 46.2 Å². The monoisotopic (exact) mass is 664 g/mol. The number of hydrogen-bond donors (Lipinski definition) is 0. The Morgan fingerprint density at radius 3 is 1.62 bits per heavy atom. The van der Waals surface area contributed by atoms with Gasteiger partial charge in [-0.2, -0.15) is 10.2 Å². The van der Waals surface area contributed by atoms with E-state index in [1.165, 1.54) is 27.5 Å². The molecule has 0 atom stereocenters. The minimum absolute atomic E-state index is 0.0155. The average Bonchev–Trinajstić information content (AvgIpc) is 3.68. The number of carbonyl (C=O) groups excluding carboxylic acids is 2. The summed E-state index contributed by atoms with van der Waals surface area (Å²) < 4.78 is 6.30. The van der Waals surface area contributed by atoms with Crippen molar-refractivity contribution in [2.75, 3.05) is 0 Å². The molecule has 0 unspecified atom stereocenters. The number of terminal acetylenes is 1. The fraction of sp³-hybridized carbons (Fsp3) is 0.150. The Labute approximate surface area is 289 Å². The fourth-order valence-electron chi connectivity index (χ4n) is 5.29. The molecule has 250 valence electrons. The standard InChI is InChI=1S/C20H19N3O2.C20H17N3O2/c2*1-3-16-9-10-20(25)22(12-16)14-19(24)18-11-21-23(15(18)2)13-17-7-5-4-6-8-17/h3-12H,1,13-14H2,2H3;1,4-12H,13-14H2,2H3. The number of nitrogens with zero attached hydrogens (tertiary/aromatic N) is 6. The van der Waals surface area contributed by atoms with E-state index < -0.39 is 0 Å². The van der Waals surface area contributed by atoms with E-state index in [0.717, 1.165) is 28.1 Å². The summed E-state index contributed by atoms with van der Waals surface area (Å²) in [7, 11) is 0. The van der Waals surface area contributed by atoms with Crippen molar-refractivity contribution in [1.82, 2.24) is 28.7 Å². The maximum absolute atomic E-state index is 12.6. The van der Waals surface area contributed by atoms with E-state index in [4.69, 9.17) is 6.42 Å². The third-order valence-corrected chi connectivity index (χ3v) is 8.18. The number of carbonyl (C=O) groups is 2. The lowest BCUT2D eigenvalue weighted by Crippen LogP contribution is -2.23. The molecule has 0 bridgehead atoms. The summed E-state index contributed by atoms with van der Waals surface area (Å²) in [4.78, 5) is 49.0. The smallest absolute Gasteiger partial charge is 0.251 e. The van der Waals surface area contributed by atoms with Crippen LogP contribution >= 0.6 is 0 Å². The summed E-state index contributed by atoms with van der Waals surface area (Å²) in [5.74, 6) is 2.15. The summed E-state index contributed by atoms with van der Waals surface area (Å²) in [6, 6.07) is 25.9. The Morgan fingerprint density at radius 1 is 0.700 bits per heavy atom. The van der Waals surface area contributed by atoms with Crippen LogP contribution in [0, 0.1) is 26.2 Å². The van der Waals surface area contributed by atoms with E-state index in [-0.39, 0.29) is 35.8 Å². The lowest BCUT2D eigenvalue weighted by Gasteiger charge is -2.07. The Kier molecular flexibility index (Phi) is 11.1. The van der Waals surface area contributed by atoms with Gasteiger partial charge in [0.05, 0.1) is 49.7 Å². The molecule has 10 nitrogen and oxygen atoms in total. The first-order valence-electron chi connectivity index (χ1n) is 15.9. The van der Waals surface area contributed by atoms with Crippen molar-refractivity contribution >= 4 is 17.6 Å². The Morgan fingerprint density at radius 2 is 1.16 bits per heavy atom. The van der Waals surface area contributed by atoms with Crippen LogP contribution in [0.15, 0.2) is 126 Å². The van der Waals surface area contributed by atoms with Gasteiger partial charge in [0.25, 0.3) is 11.1 Å². The molecule has 0 saturated carbocycles. The summed E-state index contributed by atoms with van der Waals surface area (Å²) in [5, 5.41) is 8.63. The SMILES string of the molecule is C#Cc1ccc(=O)n(CC(=O)c2cnn(Cc3ccccc3)c2C)c1.C=Cc1ccc(=O)n(CC(=O)c2cnn(Cc3ccccc3)c2C)c1. The predicted molar refractivity (Wildman–Crippen MR) is 193 cm³/mol. The molecule has 6 rings (SSSR count). The third-order valence-electron chi connectivity index (χ3n) is 8.18. The van der Waals surface area contributed by atoms with Crippen LogP contribution in [0.1, 0.15) is 54.4 Å². The van der Waals surface area contributed by atoms with Crippen molar-refractivity contribution in [1.29, 1.82) is 0 Å². The Balaban J connectivity index is 0.000000194. The van der Waals surface area contributed by atoms with Gasteiger partial charge in [-0.05, 0) is 42.7 Å². The van der Waals surface area contributed by atoms with Crippen molar-refractivity contribution in [3.63, 3.8) is 0 Å².